The summed E-state index contributed by atoms with van der Waals surface area (Å²) in [6.07, 6.45) is -5.20. The summed E-state index contributed by atoms with van der Waals surface area (Å²) >= 11 is -0.396. The van der Waals surface area contributed by atoms with Crippen LogP contribution in [0.15, 0.2) is 57.2 Å². The lowest BCUT2D eigenvalue weighted by Gasteiger charge is -2.28. The maximum atomic E-state index is 13.8. The minimum atomic E-state index is -6.51. The molecule has 0 aliphatic heterocycles. The van der Waals surface area contributed by atoms with Crippen molar-refractivity contribution in [1.82, 2.24) is 0 Å². The lowest BCUT2D eigenvalue weighted by Crippen LogP contribution is -2.49. The third-order valence-electron chi connectivity index (χ3n) is 3.94. The van der Waals surface area contributed by atoms with Crippen molar-refractivity contribution in [3.8, 4) is 0 Å². The molecule has 0 radical (unpaired) electrons. The summed E-state index contributed by atoms with van der Waals surface area (Å²) < 4.78 is 103. The van der Waals surface area contributed by atoms with Gasteiger partial charge in [-0.1, -0.05) is 12.1 Å². The van der Waals surface area contributed by atoms with Crippen LogP contribution in [0.25, 0.3) is 0 Å². The number of hydrogen-bond acceptors (Lipinski definition) is 6. The van der Waals surface area contributed by atoms with Crippen LogP contribution in [0.3, 0.4) is 0 Å². The summed E-state index contributed by atoms with van der Waals surface area (Å²) in [5.74, 6) is -7.74. The zero-order valence-electron chi connectivity index (χ0n) is 16.7. The zero-order valence-corrected chi connectivity index (χ0v) is 19.1. The number of carbonyl (C=O) groups excluding carboxylic acids is 1. The Bertz CT molecular complexity index is 1110. The number of nitro benzene ring substituents is 1. The van der Waals surface area contributed by atoms with Crippen LogP contribution in [0.4, 0.5) is 42.1 Å². The number of alkyl halides is 7. The molecule has 2 aromatic carbocycles. The topological polar surface area (TPSA) is 89.3 Å². The Balaban J connectivity index is 2.17. The molecular formula is C18H13F7N2O4S3. The number of nitrogens with zero attached hydrogens (tertiary/aromatic N) is 1. The number of nitrogens with one attached hydrogen (secondary N) is 1. The van der Waals surface area contributed by atoms with E-state index in [-0.39, 0.29) is 9.79 Å². The van der Waals surface area contributed by atoms with E-state index in [1.165, 1.54) is 24.5 Å². The van der Waals surface area contributed by atoms with Crippen molar-refractivity contribution in [3.05, 3.63) is 52.6 Å². The highest BCUT2D eigenvalue weighted by atomic mass is 32.2. The first-order valence-electron chi connectivity index (χ1n) is 8.71. The monoisotopic (exact) mass is 550 g/mol. The maximum absolute atomic E-state index is 13.8. The molecule has 1 unspecified atom stereocenters. The zero-order chi connectivity index (χ0) is 25.9. The molecule has 1 amide bonds. The molecule has 16 heteroatoms. The number of hydrogen-bond donors (Lipinski definition) is 1. The van der Waals surface area contributed by atoms with Crippen molar-refractivity contribution in [2.45, 2.75) is 32.0 Å². The average Bonchev–Trinajstić information content (AvgIpc) is 2.72. The van der Waals surface area contributed by atoms with Gasteiger partial charge in [-0.3, -0.25) is 19.1 Å². The number of nitro groups is 1. The molecule has 1 atom stereocenters. The second kappa shape index (κ2) is 10.5. The Hall–Kier alpha value is -2.33. The van der Waals surface area contributed by atoms with Gasteiger partial charge < -0.3 is 5.32 Å². The van der Waals surface area contributed by atoms with Gasteiger partial charge in [0.15, 0.2) is 0 Å². The molecule has 0 saturated carbocycles. The van der Waals surface area contributed by atoms with Gasteiger partial charge >= 0.3 is 17.4 Å². The van der Waals surface area contributed by atoms with E-state index >= 15 is 0 Å². The lowest BCUT2D eigenvalue weighted by molar-refractivity contribution is -0.387. The van der Waals surface area contributed by atoms with Crippen LogP contribution in [-0.2, 0) is 15.6 Å². The molecule has 0 saturated heterocycles. The fraction of sp³-hybridized carbons (Fsp3) is 0.278. The van der Waals surface area contributed by atoms with Gasteiger partial charge in [0.05, 0.1) is 32.1 Å². The molecular weight excluding hydrogens is 537 g/mol. The van der Waals surface area contributed by atoms with Crippen molar-refractivity contribution in [1.29, 1.82) is 0 Å². The number of rotatable bonds is 9. The largest absolute Gasteiger partial charge is 0.460 e. The predicted molar refractivity (Wildman–Crippen MR) is 113 cm³/mol. The van der Waals surface area contributed by atoms with Crippen LogP contribution >= 0.6 is 23.5 Å². The van der Waals surface area contributed by atoms with Crippen molar-refractivity contribution >= 4 is 51.6 Å². The summed E-state index contributed by atoms with van der Waals surface area (Å²) in [7, 11) is -1.51. The van der Waals surface area contributed by atoms with Crippen molar-refractivity contribution in [2.24, 2.45) is 0 Å². The molecule has 2 aromatic rings. The molecule has 2 rings (SSSR count). The van der Waals surface area contributed by atoms with E-state index in [9.17, 15) is 49.9 Å². The first kappa shape index (κ1) is 27.9. The van der Waals surface area contributed by atoms with Crippen LogP contribution in [0, 0.1) is 10.1 Å². The van der Waals surface area contributed by atoms with Gasteiger partial charge in [0, 0.05) is 22.1 Å². The van der Waals surface area contributed by atoms with E-state index in [1.54, 1.807) is 0 Å². The third kappa shape index (κ3) is 6.41. The minimum absolute atomic E-state index is 0.0216. The summed E-state index contributed by atoms with van der Waals surface area (Å²) in [6.45, 7) is 0. The molecule has 0 aliphatic rings. The molecule has 1 N–H and O–H groups in total. The molecule has 0 spiro atoms. The van der Waals surface area contributed by atoms with Gasteiger partial charge in [0.1, 0.15) is 0 Å². The Kier molecular flexibility index (Phi) is 8.63. The van der Waals surface area contributed by atoms with Gasteiger partial charge in [-0.25, -0.2) is 0 Å². The normalized spacial score (nSPS) is 13.4. The van der Waals surface area contributed by atoms with E-state index in [2.05, 4.69) is 5.32 Å². The molecule has 186 valence electrons. The highest BCUT2D eigenvalue weighted by Gasteiger charge is 2.73. The lowest BCUT2D eigenvalue weighted by atomic mass is 10.3. The van der Waals surface area contributed by atoms with E-state index < -0.39 is 72.8 Å². The highest BCUT2D eigenvalue weighted by molar-refractivity contribution is 8.00. The van der Waals surface area contributed by atoms with E-state index in [4.69, 9.17) is 0 Å². The quantitative estimate of drug-likeness (QED) is 0.180. The van der Waals surface area contributed by atoms with Crippen LogP contribution in [-0.4, -0.2) is 44.4 Å². The highest BCUT2D eigenvalue weighted by Crippen LogP contribution is 2.54. The molecule has 0 bridgehead atoms. The first-order valence-corrected chi connectivity index (χ1v) is 12.1. The van der Waals surface area contributed by atoms with Crippen molar-refractivity contribution < 1.29 is 44.7 Å². The van der Waals surface area contributed by atoms with Crippen LogP contribution in [0.1, 0.15) is 0 Å². The number of thioether (sulfide) groups is 2. The Morgan fingerprint density at radius 3 is 2.24 bits per heavy atom. The van der Waals surface area contributed by atoms with Gasteiger partial charge in [0.2, 0.25) is 5.91 Å². The van der Waals surface area contributed by atoms with Crippen molar-refractivity contribution in [2.75, 3.05) is 17.3 Å². The average molecular weight is 550 g/mol. The van der Waals surface area contributed by atoms with Gasteiger partial charge in [-0.15, -0.1) is 11.8 Å². The molecule has 6 nitrogen and oxygen atoms in total. The summed E-state index contributed by atoms with van der Waals surface area (Å²) in [5.41, 5.74) is -0.891. The summed E-state index contributed by atoms with van der Waals surface area (Å²) in [6, 6.07) is 7.82. The predicted octanol–water partition coefficient (Wildman–Crippen LogP) is 5.95. The first-order chi connectivity index (χ1) is 15.6. The SMILES string of the molecule is CS(=O)c1ccc(SCC(=O)Nc2ccccc2SC(F)(F)C(F)(F)C(F)(F)F)c([N+](=O)[O-])c1. The second-order valence-corrected chi connectivity index (χ2v) is 9.92. The van der Waals surface area contributed by atoms with Crippen LogP contribution in [0.2, 0.25) is 0 Å². The molecule has 34 heavy (non-hydrogen) atoms. The van der Waals surface area contributed by atoms with E-state index in [0.29, 0.717) is 11.8 Å². The number of amides is 1. The third-order valence-corrected chi connectivity index (χ3v) is 7.01. The van der Waals surface area contributed by atoms with Crippen LogP contribution < -0.4 is 5.32 Å². The Morgan fingerprint density at radius 2 is 1.68 bits per heavy atom. The Morgan fingerprint density at radius 1 is 1.06 bits per heavy atom. The minimum Gasteiger partial charge on any atom is -0.324 e. The summed E-state index contributed by atoms with van der Waals surface area (Å²) in [5, 5.41) is 7.77. The van der Waals surface area contributed by atoms with E-state index in [1.807, 2.05) is 0 Å². The molecule has 0 heterocycles. The Labute approximate surface area is 198 Å². The smallest absolute Gasteiger partial charge is 0.324 e. The number of benzene rings is 2. The molecule has 0 aliphatic carbocycles. The second-order valence-electron chi connectivity index (χ2n) is 6.36. The number of carbonyl (C=O) groups is 1. The number of anilines is 1. The van der Waals surface area contributed by atoms with Crippen LogP contribution in [0.5, 0.6) is 0 Å². The van der Waals surface area contributed by atoms with Crippen molar-refractivity contribution in [3.63, 3.8) is 0 Å². The standard InChI is InChI=1S/C18H13F7N2O4S3/c1-34(31)10-6-7-14(12(8-10)27(29)30)32-9-15(28)26-11-4-2-3-5-13(11)33-18(24,25)16(19,20)17(21,22)23/h2-8H,9H2,1H3,(H,26,28). The summed E-state index contributed by atoms with van der Waals surface area (Å²) in [4.78, 5) is 22.2. The molecule has 0 fully saturated rings. The fourth-order valence-corrected chi connectivity index (χ4v) is 4.53. The van der Waals surface area contributed by atoms with Gasteiger partial charge in [-0.2, -0.15) is 30.7 Å². The number of halogens is 7. The van der Waals surface area contributed by atoms with Gasteiger partial charge in [-0.05, 0) is 36.0 Å². The van der Waals surface area contributed by atoms with E-state index in [0.717, 1.165) is 24.3 Å². The maximum Gasteiger partial charge on any atom is 0.460 e. The number of para-hydroxylation sites is 1. The van der Waals surface area contributed by atoms with Gasteiger partial charge in [0.25, 0.3) is 5.69 Å². The molecule has 0 aromatic heterocycles. The fourth-order valence-electron chi connectivity index (χ4n) is 2.30.